The van der Waals surface area contributed by atoms with Crippen molar-refractivity contribution in [1.29, 1.82) is 0 Å². The predicted molar refractivity (Wildman–Crippen MR) is 150 cm³/mol. The monoisotopic (exact) mass is 524 g/mol. The average Bonchev–Trinajstić information content (AvgIpc) is 3.40. The van der Waals surface area contributed by atoms with Crippen molar-refractivity contribution in [1.82, 2.24) is 19.9 Å². The molecule has 10 nitrogen and oxygen atoms in total. The second-order valence-electron chi connectivity index (χ2n) is 9.49. The second-order valence-corrected chi connectivity index (χ2v) is 9.49. The van der Waals surface area contributed by atoms with E-state index in [1.165, 1.54) is 7.11 Å². The van der Waals surface area contributed by atoms with Gasteiger partial charge in [-0.25, -0.2) is 9.78 Å². The lowest BCUT2D eigenvalue weighted by Crippen LogP contribution is -2.46. The molecular formula is C29H28N6O4. The topological polar surface area (TPSA) is 125 Å². The number of carbonyl (C=O) groups excluding carboxylic acids is 1. The van der Waals surface area contributed by atoms with Gasteiger partial charge < -0.3 is 29.7 Å². The number of aromatic nitrogens is 4. The fourth-order valence-corrected chi connectivity index (χ4v) is 5.01. The molecule has 2 aromatic carbocycles. The number of fused-ring (bicyclic) bond motifs is 2. The third-order valence-corrected chi connectivity index (χ3v) is 7.01. The van der Waals surface area contributed by atoms with E-state index in [2.05, 4.69) is 25.2 Å². The van der Waals surface area contributed by atoms with Crippen molar-refractivity contribution in [3.8, 4) is 11.4 Å². The average molecular weight is 525 g/mol. The smallest absolute Gasteiger partial charge is 0.336 e. The van der Waals surface area contributed by atoms with Gasteiger partial charge in [-0.15, -0.1) is 0 Å². The molecule has 39 heavy (non-hydrogen) atoms. The zero-order valence-electron chi connectivity index (χ0n) is 21.6. The quantitative estimate of drug-likeness (QED) is 0.285. The Morgan fingerprint density at radius 3 is 2.79 bits per heavy atom. The lowest BCUT2D eigenvalue weighted by Gasteiger charge is -2.33. The fraction of sp³-hybridized carbons (Fsp3) is 0.241. The Morgan fingerprint density at radius 2 is 1.97 bits per heavy atom. The second kappa shape index (κ2) is 10.2. The molecule has 0 aliphatic carbocycles. The van der Waals surface area contributed by atoms with Gasteiger partial charge in [-0.1, -0.05) is 24.3 Å². The van der Waals surface area contributed by atoms with E-state index in [1.807, 2.05) is 67.6 Å². The first-order valence-electron chi connectivity index (χ1n) is 12.8. The molecular weight excluding hydrogens is 496 g/mol. The van der Waals surface area contributed by atoms with Gasteiger partial charge in [0, 0.05) is 23.8 Å². The third kappa shape index (κ3) is 4.70. The molecule has 198 valence electrons. The van der Waals surface area contributed by atoms with E-state index in [0.717, 1.165) is 33.3 Å². The van der Waals surface area contributed by atoms with Crippen molar-refractivity contribution in [2.45, 2.75) is 19.1 Å². The molecule has 0 bridgehead atoms. The van der Waals surface area contributed by atoms with E-state index in [9.17, 15) is 9.59 Å². The van der Waals surface area contributed by atoms with Gasteiger partial charge in [-0.05, 0) is 43.3 Å². The van der Waals surface area contributed by atoms with Crippen LogP contribution in [-0.2, 0) is 14.3 Å². The van der Waals surface area contributed by atoms with Gasteiger partial charge in [-0.2, -0.15) is 0 Å². The number of methoxy groups -OCH3 is 1. The number of pyridine rings is 2. The van der Waals surface area contributed by atoms with E-state index in [1.54, 1.807) is 6.20 Å². The molecule has 1 saturated heterocycles. The van der Waals surface area contributed by atoms with Crippen molar-refractivity contribution >= 4 is 39.3 Å². The first-order chi connectivity index (χ1) is 19.0. The molecule has 1 aliphatic rings. The van der Waals surface area contributed by atoms with Crippen molar-refractivity contribution in [2.75, 3.05) is 37.0 Å². The molecule has 1 unspecified atom stereocenters. The van der Waals surface area contributed by atoms with E-state index >= 15 is 0 Å². The highest BCUT2D eigenvalue weighted by atomic mass is 16.6. The molecule has 3 N–H and O–H groups in total. The van der Waals surface area contributed by atoms with E-state index < -0.39 is 6.10 Å². The molecule has 5 aromatic rings. The van der Waals surface area contributed by atoms with Gasteiger partial charge in [0.15, 0.2) is 6.10 Å². The van der Waals surface area contributed by atoms with Crippen LogP contribution in [0.5, 0.6) is 0 Å². The van der Waals surface area contributed by atoms with Crippen molar-refractivity contribution < 1.29 is 14.3 Å². The van der Waals surface area contributed by atoms with E-state index in [4.69, 9.17) is 14.5 Å². The highest BCUT2D eigenvalue weighted by Crippen LogP contribution is 2.34. The molecule has 4 heterocycles. The number of nitrogens with zero attached hydrogens (tertiary/aromatic N) is 3. The molecule has 0 saturated carbocycles. The number of esters is 1. The minimum atomic E-state index is -0.636. The number of hydrogen-bond donors (Lipinski definition) is 3. The Hall–Kier alpha value is -4.70. The lowest BCUT2D eigenvalue weighted by molar-refractivity contribution is -0.154. The standard InChI is InChI=1S/C29H28N6O4/c1-17(20-8-5-6-12-30-20)31-26-19-7-3-4-9-21(19)34-28(36)25(26)27-32-22-11-10-18(15-23(22)33-27)35-13-14-39-24(16-35)29(37)38-2/h3-12,15,17,24H,13-14,16H2,1-2H3,(H,32,33)(H2,31,34,36)/t17?,24-/m1/s1. The molecule has 1 aliphatic heterocycles. The van der Waals surface area contributed by atoms with E-state index in [0.29, 0.717) is 36.8 Å². The van der Waals surface area contributed by atoms with Gasteiger partial charge in [0.25, 0.3) is 5.56 Å². The Bertz CT molecular complexity index is 1710. The summed E-state index contributed by atoms with van der Waals surface area (Å²) in [6.07, 6.45) is 1.12. The van der Waals surface area contributed by atoms with Crippen molar-refractivity contribution in [3.63, 3.8) is 0 Å². The van der Waals surface area contributed by atoms with Gasteiger partial charge in [0.2, 0.25) is 0 Å². The zero-order chi connectivity index (χ0) is 26.9. The molecule has 3 aromatic heterocycles. The van der Waals surface area contributed by atoms with Crippen LogP contribution >= 0.6 is 0 Å². The number of carbonyl (C=O) groups is 1. The van der Waals surface area contributed by atoms with Crippen LogP contribution < -0.4 is 15.8 Å². The number of H-pyrrole nitrogens is 2. The first kappa shape index (κ1) is 24.6. The molecule has 0 amide bonds. The van der Waals surface area contributed by atoms with Crippen molar-refractivity contribution in [2.24, 2.45) is 0 Å². The third-order valence-electron chi connectivity index (χ3n) is 7.01. The summed E-state index contributed by atoms with van der Waals surface area (Å²) in [6, 6.07) is 19.1. The number of anilines is 2. The number of morpholine rings is 1. The Morgan fingerprint density at radius 1 is 1.13 bits per heavy atom. The van der Waals surface area contributed by atoms with Crippen LogP contribution in [0.1, 0.15) is 18.7 Å². The number of rotatable bonds is 6. The number of para-hydroxylation sites is 1. The van der Waals surface area contributed by atoms with Gasteiger partial charge >= 0.3 is 5.97 Å². The molecule has 10 heteroatoms. The zero-order valence-corrected chi connectivity index (χ0v) is 21.6. The largest absolute Gasteiger partial charge is 0.467 e. The highest BCUT2D eigenvalue weighted by Gasteiger charge is 2.28. The summed E-state index contributed by atoms with van der Waals surface area (Å²) in [5, 5.41) is 4.40. The summed E-state index contributed by atoms with van der Waals surface area (Å²) >= 11 is 0. The highest BCUT2D eigenvalue weighted by molar-refractivity contribution is 5.99. The predicted octanol–water partition coefficient (Wildman–Crippen LogP) is 4.02. The number of aromatic amines is 2. The van der Waals surface area contributed by atoms with Crippen LogP contribution in [0.2, 0.25) is 0 Å². The van der Waals surface area contributed by atoms with Crippen LogP contribution in [0.15, 0.2) is 71.7 Å². The fourth-order valence-electron chi connectivity index (χ4n) is 5.01. The van der Waals surface area contributed by atoms with Gasteiger partial charge in [0.05, 0.1) is 54.2 Å². The van der Waals surface area contributed by atoms with Crippen LogP contribution in [-0.4, -0.2) is 58.8 Å². The summed E-state index contributed by atoms with van der Waals surface area (Å²) in [5.41, 5.74) is 4.86. The molecule has 0 spiro atoms. The number of benzene rings is 2. The maximum atomic E-state index is 13.5. The van der Waals surface area contributed by atoms with Crippen LogP contribution in [0, 0.1) is 0 Å². The Balaban J connectivity index is 1.41. The minimum Gasteiger partial charge on any atom is -0.467 e. The van der Waals surface area contributed by atoms with Gasteiger partial charge in [0.1, 0.15) is 11.4 Å². The lowest BCUT2D eigenvalue weighted by atomic mass is 10.1. The summed E-state index contributed by atoms with van der Waals surface area (Å²) in [6.45, 7) is 3.46. The molecule has 2 atom stereocenters. The van der Waals surface area contributed by atoms with Crippen LogP contribution in [0.3, 0.4) is 0 Å². The van der Waals surface area contributed by atoms with Crippen molar-refractivity contribution in [3.05, 3.63) is 82.9 Å². The van der Waals surface area contributed by atoms with Crippen LogP contribution in [0.4, 0.5) is 11.4 Å². The minimum absolute atomic E-state index is 0.157. The summed E-state index contributed by atoms with van der Waals surface area (Å²) < 4.78 is 10.4. The Labute approximate surface area is 224 Å². The van der Waals surface area contributed by atoms with Crippen LogP contribution in [0.25, 0.3) is 33.3 Å². The first-order valence-corrected chi connectivity index (χ1v) is 12.8. The SMILES string of the molecule is COC(=O)[C@H]1CN(c2ccc3nc(-c4c(NC(C)c5ccccn5)c5ccccc5[nH]c4=O)[nH]c3c2)CCO1. The molecule has 6 rings (SSSR count). The number of hydrogen-bond acceptors (Lipinski definition) is 8. The molecule has 0 radical (unpaired) electrons. The normalized spacial score (nSPS) is 16.4. The summed E-state index contributed by atoms with van der Waals surface area (Å²) in [5.74, 6) is 0.0689. The summed E-state index contributed by atoms with van der Waals surface area (Å²) in [7, 11) is 1.36. The Kier molecular flexibility index (Phi) is 6.45. The number of imidazole rings is 1. The van der Waals surface area contributed by atoms with Gasteiger partial charge in [-0.3, -0.25) is 9.78 Å². The maximum Gasteiger partial charge on any atom is 0.336 e. The van der Waals surface area contributed by atoms with E-state index in [-0.39, 0.29) is 17.6 Å². The number of ether oxygens (including phenoxy) is 2. The molecule has 1 fully saturated rings. The maximum absolute atomic E-state index is 13.5. The summed E-state index contributed by atoms with van der Waals surface area (Å²) in [4.78, 5) is 43.2. The number of nitrogens with one attached hydrogen (secondary N) is 3.